The minimum atomic E-state index is 0.117. The Balaban J connectivity index is 3.08. The zero-order chi connectivity index (χ0) is 11.3. The van der Waals surface area contributed by atoms with Crippen molar-refractivity contribution in [3.05, 3.63) is 23.3 Å². The molecule has 0 fully saturated rings. The Labute approximate surface area is 89.1 Å². The molecule has 4 nitrogen and oxygen atoms in total. The van der Waals surface area contributed by atoms with E-state index in [2.05, 4.69) is 5.32 Å². The Bertz CT molecular complexity index is 383. The lowest BCUT2D eigenvalue weighted by atomic mass is 10.1. The van der Waals surface area contributed by atoms with E-state index in [1.165, 1.54) is 13.2 Å². The van der Waals surface area contributed by atoms with Crippen molar-refractivity contribution in [1.82, 2.24) is 5.32 Å². The minimum absolute atomic E-state index is 0.117. The van der Waals surface area contributed by atoms with E-state index in [0.29, 0.717) is 17.7 Å². The molecule has 0 unspecified atom stereocenters. The molecule has 15 heavy (non-hydrogen) atoms. The van der Waals surface area contributed by atoms with Crippen LogP contribution in [0.25, 0.3) is 0 Å². The quantitative estimate of drug-likeness (QED) is 0.772. The van der Waals surface area contributed by atoms with Crippen molar-refractivity contribution < 1.29 is 9.84 Å². The maximum absolute atomic E-state index is 9.77. The van der Waals surface area contributed by atoms with Crippen LogP contribution in [0.5, 0.6) is 11.5 Å². The third kappa shape index (κ3) is 2.61. The molecule has 0 amide bonds. The molecule has 0 aromatic heterocycles. The second-order valence-electron chi connectivity index (χ2n) is 3.15. The summed E-state index contributed by atoms with van der Waals surface area (Å²) in [5.41, 5.74) is 1.22. The summed E-state index contributed by atoms with van der Waals surface area (Å²) in [4.78, 5) is 0. The Hall–Kier alpha value is -1.73. The average molecular weight is 206 g/mol. The van der Waals surface area contributed by atoms with Crippen LogP contribution in [0.15, 0.2) is 12.1 Å². The maximum Gasteiger partial charge on any atom is 0.162 e. The van der Waals surface area contributed by atoms with Crippen LogP contribution in [0.3, 0.4) is 0 Å². The fourth-order valence-corrected chi connectivity index (χ4v) is 1.34. The Morgan fingerprint density at radius 2 is 2.27 bits per heavy atom. The van der Waals surface area contributed by atoms with E-state index in [-0.39, 0.29) is 5.75 Å². The van der Waals surface area contributed by atoms with Gasteiger partial charge in [0.2, 0.25) is 0 Å². The second kappa shape index (κ2) is 5.23. The summed E-state index contributed by atoms with van der Waals surface area (Å²) in [7, 11) is 3.31. The summed E-state index contributed by atoms with van der Waals surface area (Å²) < 4.78 is 4.99. The van der Waals surface area contributed by atoms with E-state index in [4.69, 9.17) is 10.00 Å². The van der Waals surface area contributed by atoms with Crippen molar-refractivity contribution >= 4 is 0 Å². The number of nitriles is 1. The van der Waals surface area contributed by atoms with Gasteiger partial charge in [-0.1, -0.05) is 0 Å². The number of hydrogen-bond donors (Lipinski definition) is 2. The molecule has 0 spiro atoms. The van der Waals surface area contributed by atoms with Crippen LogP contribution in [-0.2, 0) is 6.42 Å². The molecule has 1 aromatic carbocycles. The van der Waals surface area contributed by atoms with Crippen LogP contribution in [-0.4, -0.2) is 25.8 Å². The molecule has 0 saturated heterocycles. The van der Waals surface area contributed by atoms with E-state index < -0.39 is 0 Å². The highest BCUT2D eigenvalue weighted by Gasteiger charge is 2.09. The summed E-state index contributed by atoms with van der Waals surface area (Å²) in [5, 5.41) is 21.6. The first-order valence-corrected chi connectivity index (χ1v) is 4.67. The van der Waals surface area contributed by atoms with Gasteiger partial charge in [0.1, 0.15) is 0 Å². The number of methoxy groups -OCH3 is 1. The molecule has 0 radical (unpaired) electrons. The van der Waals surface area contributed by atoms with Crippen LogP contribution in [0.2, 0.25) is 0 Å². The van der Waals surface area contributed by atoms with E-state index in [9.17, 15) is 5.11 Å². The zero-order valence-electron chi connectivity index (χ0n) is 8.87. The molecule has 0 aliphatic rings. The lowest BCUT2D eigenvalue weighted by Gasteiger charge is -2.09. The molecule has 0 heterocycles. The van der Waals surface area contributed by atoms with Gasteiger partial charge in [-0.15, -0.1) is 0 Å². The number of ether oxygens (including phenoxy) is 1. The SMILES string of the molecule is CNCCc1cc(C#N)cc(OC)c1O. The van der Waals surface area contributed by atoms with E-state index in [0.717, 1.165) is 12.1 Å². The second-order valence-corrected chi connectivity index (χ2v) is 3.15. The number of phenolic OH excluding ortho intramolecular Hbond substituents is 1. The van der Waals surface area contributed by atoms with Gasteiger partial charge in [0.05, 0.1) is 18.7 Å². The predicted octanol–water partition coefficient (Wildman–Crippen LogP) is 1.03. The third-order valence-electron chi connectivity index (χ3n) is 2.15. The first kappa shape index (κ1) is 11.3. The zero-order valence-corrected chi connectivity index (χ0v) is 8.87. The van der Waals surface area contributed by atoms with Gasteiger partial charge >= 0.3 is 0 Å². The van der Waals surface area contributed by atoms with E-state index in [1.807, 2.05) is 13.1 Å². The number of rotatable bonds is 4. The van der Waals surface area contributed by atoms with Gasteiger partial charge in [0, 0.05) is 11.6 Å². The normalized spacial score (nSPS) is 9.67. The van der Waals surface area contributed by atoms with Crippen LogP contribution >= 0.6 is 0 Å². The molecule has 0 saturated carbocycles. The third-order valence-corrected chi connectivity index (χ3v) is 2.15. The van der Waals surface area contributed by atoms with Crippen molar-refractivity contribution in [2.24, 2.45) is 0 Å². The number of phenols is 1. The fourth-order valence-electron chi connectivity index (χ4n) is 1.34. The summed E-state index contributed by atoms with van der Waals surface area (Å²) in [6.45, 7) is 0.742. The largest absolute Gasteiger partial charge is 0.504 e. The molecule has 0 aliphatic carbocycles. The fraction of sp³-hybridized carbons (Fsp3) is 0.364. The number of aromatic hydroxyl groups is 1. The molecule has 4 heteroatoms. The van der Waals surface area contributed by atoms with Crippen LogP contribution in [0.1, 0.15) is 11.1 Å². The number of likely N-dealkylation sites (N-methyl/N-ethyl adjacent to an activating group) is 1. The maximum atomic E-state index is 9.77. The molecule has 80 valence electrons. The van der Waals surface area contributed by atoms with Gasteiger partial charge in [0.25, 0.3) is 0 Å². The topological polar surface area (TPSA) is 65.3 Å². The lowest BCUT2D eigenvalue weighted by Crippen LogP contribution is -2.10. The monoisotopic (exact) mass is 206 g/mol. The highest BCUT2D eigenvalue weighted by molar-refractivity contribution is 5.51. The average Bonchev–Trinajstić information content (AvgIpc) is 2.27. The highest BCUT2D eigenvalue weighted by Crippen LogP contribution is 2.31. The minimum Gasteiger partial charge on any atom is -0.504 e. The predicted molar refractivity (Wildman–Crippen MR) is 57.0 cm³/mol. The number of nitrogens with zero attached hydrogens (tertiary/aromatic N) is 1. The van der Waals surface area contributed by atoms with Crippen molar-refractivity contribution in [2.45, 2.75) is 6.42 Å². The number of benzene rings is 1. The van der Waals surface area contributed by atoms with Crippen molar-refractivity contribution in [1.29, 1.82) is 5.26 Å². The van der Waals surface area contributed by atoms with E-state index >= 15 is 0 Å². The van der Waals surface area contributed by atoms with Gasteiger partial charge in [-0.25, -0.2) is 0 Å². The smallest absolute Gasteiger partial charge is 0.162 e. The first-order chi connectivity index (χ1) is 7.22. The first-order valence-electron chi connectivity index (χ1n) is 4.67. The molecule has 1 aromatic rings. The van der Waals surface area contributed by atoms with Crippen molar-refractivity contribution in [3.8, 4) is 17.6 Å². The molecule has 2 N–H and O–H groups in total. The van der Waals surface area contributed by atoms with Crippen molar-refractivity contribution in [3.63, 3.8) is 0 Å². The Kier molecular flexibility index (Phi) is 3.95. The van der Waals surface area contributed by atoms with Gasteiger partial charge in [-0.2, -0.15) is 5.26 Å². The summed E-state index contributed by atoms with van der Waals surface area (Å²) in [5.74, 6) is 0.465. The highest BCUT2D eigenvalue weighted by atomic mass is 16.5. The molecule has 0 atom stereocenters. The van der Waals surface area contributed by atoms with Crippen molar-refractivity contribution in [2.75, 3.05) is 20.7 Å². The van der Waals surface area contributed by atoms with Crippen LogP contribution in [0.4, 0.5) is 0 Å². The van der Waals surface area contributed by atoms with Gasteiger partial charge in [-0.3, -0.25) is 0 Å². The van der Waals surface area contributed by atoms with E-state index in [1.54, 1.807) is 6.07 Å². The molecule has 1 rings (SSSR count). The summed E-state index contributed by atoms with van der Waals surface area (Å²) in [6, 6.07) is 5.24. The molecule has 0 bridgehead atoms. The number of hydrogen-bond acceptors (Lipinski definition) is 4. The summed E-state index contributed by atoms with van der Waals surface area (Å²) >= 11 is 0. The van der Waals surface area contributed by atoms with Gasteiger partial charge < -0.3 is 15.2 Å². The molecular weight excluding hydrogens is 192 g/mol. The standard InChI is InChI=1S/C11H14N2O2/c1-13-4-3-9-5-8(7-12)6-10(15-2)11(9)14/h5-6,13-14H,3-4H2,1-2H3. The molecular formula is C11H14N2O2. The van der Waals surface area contributed by atoms with Crippen LogP contribution < -0.4 is 10.1 Å². The van der Waals surface area contributed by atoms with Gasteiger partial charge in [0.15, 0.2) is 11.5 Å². The summed E-state index contributed by atoms with van der Waals surface area (Å²) in [6.07, 6.45) is 0.661. The lowest BCUT2D eigenvalue weighted by molar-refractivity contribution is 0.370. The molecule has 0 aliphatic heterocycles. The van der Waals surface area contributed by atoms with Crippen LogP contribution in [0, 0.1) is 11.3 Å². The Morgan fingerprint density at radius 1 is 1.53 bits per heavy atom. The Morgan fingerprint density at radius 3 is 2.80 bits per heavy atom. The number of nitrogens with one attached hydrogen (secondary N) is 1. The van der Waals surface area contributed by atoms with Gasteiger partial charge in [-0.05, 0) is 26.1 Å².